The van der Waals surface area contributed by atoms with Crippen molar-refractivity contribution in [3.05, 3.63) is 0 Å². The Morgan fingerprint density at radius 3 is 2.87 bits per heavy atom. The number of carboxylic acids is 1. The Morgan fingerprint density at radius 2 is 2.27 bits per heavy atom. The Balaban J connectivity index is 2.43. The van der Waals surface area contributed by atoms with E-state index in [4.69, 9.17) is 10.4 Å². The van der Waals surface area contributed by atoms with Gasteiger partial charge in [-0.25, -0.2) is 0 Å². The molecule has 1 aliphatic carbocycles. The number of nitrogens with one attached hydrogen (secondary N) is 1. The summed E-state index contributed by atoms with van der Waals surface area (Å²) in [5.41, 5.74) is 0. The van der Waals surface area contributed by atoms with Crippen LogP contribution in [0.2, 0.25) is 0 Å². The second kappa shape index (κ2) is 5.72. The van der Waals surface area contributed by atoms with Crippen LogP contribution in [-0.2, 0) is 4.79 Å². The normalized spacial score (nSPS) is 28.0. The molecule has 0 aromatic carbocycles. The standard InChI is InChI=1S/C11H18N2O2/c1-8(6-12)13-7-9-4-2-3-5-10(9)11(14)15/h8-10,13H,2-5,7H2,1H3,(H,14,15). The fourth-order valence-corrected chi connectivity index (χ4v) is 2.15. The van der Waals surface area contributed by atoms with Crippen LogP contribution in [0.15, 0.2) is 0 Å². The van der Waals surface area contributed by atoms with Gasteiger partial charge in [-0.2, -0.15) is 5.26 Å². The van der Waals surface area contributed by atoms with Crippen molar-refractivity contribution in [2.45, 2.75) is 38.6 Å². The first-order valence-electron chi connectivity index (χ1n) is 5.51. The van der Waals surface area contributed by atoms with Gasteiger partial charge in [0.15, 0.2) is 0 Å². The van der Waals surface area contributed by atoms with Crippen molar-refractivity contribution in [1.82, 2.24) is 5.32 Å². The predicted octanol–water partition coefficient (Wildman–Crippen LogP) is 1.38. The van der Waals surface area contributed by atoms with Gasteiger partial charge in [0, 0.05) is 0 Å². The number of nitriles is 1. The third-order valence-electron chi connectivity index (χ3n) is 3.11. The van der Waals surface area contributed by atoms with Gasteiger partial charge in [0.25, 0.3) is 0 Å². The van der Waals surface area contributed by atoms with Crippen molar-refractivity contribution >= 4 is 5.97 Å². The van der Waals surface area contributed by atoms with E-state index in [1.807, 2.05) is 0 Å². The first kappa shape index (κ1) is 12.0. The van der Waals surface area contributed by atoms with Crippen LogP contribution in [0.1, 0.15) is 32.6 Å². The summed E-state index contributed by atoms with van der Waals surface area (Å²) in [4.78, 5) is 11.0. The minimum atomic E-state index is -0.689. The van der Waals surface area contributed by atoms with Crippen LogP contribution in [0, 0.1) is 23.2 Å². The number of hydrogen-bond donors (Lipinski definition) is 2. The molecular weight excluding hydrogens is 192 g/mol. The van der Waals surface area contributed by atoms with Crippen LogP contribution in [0.3, 0.4) is 0 Å². The molecule has 4 heteroatoms. The van der Waals surface area contributed by atoms with Gasteiger partial charge in [-0.15, -0.1) is 0 Å². The van der Waals surface area contributed by atoms with Gasteiger partial charge in [-0.3, -0.25) is 4.79 Å². The number of carbonyl (C=O) groups is 1. The van der Waals surface area contributed by atoms with E-state index in [0.717, 1.165) is 25.7 Å². The highest BCUT2D eigenvalue weighted by Crippen LogP contribution is 2.29. The Morgan fingerprint density at radius 1 is 1.60 bits per heavy atom. The van der Waals surface area contributed by atoms with E-state index in [1.54, 1.807) is 6.92 Å². The maximum atomic E-state index is 11.0. The molecule has 0 aliphatic heterocycles. The number of hydrogen-bond acceptors (Lipinski definition) is 3. The van der Waals surface area contributed by atoms with Crippen molar-refractivity contribution in [1.29, 1.82) is 5.26 Å². The lowest BCUT2D eigenvalue weighted by Gasteiger charge is -2.29. The van der Waals surface area contributed by atoms with Crippen LogP contribution in [0.5, 0.6) is 0 Å². The Bertz CT molecular complexity index is 260. The molecule has 3 atom stereocenters. The Hall–Kier alpha value is -1.08. The van der Waals surface area contributed by atoms with E-state index >= 15 is 0 Å². The molecular formula is C11H18N2O2. The van der Waals surface area contributed by atoms with Gasteiger partial charge in [0.2, 0.25) is 0 Å². The first-order valence-corrected chi connectivity index (χ1v) is 5.51. The second-order valence-electron chi connectivity index (χ2n) is 4.25. The predicted molar refractivity (Wildman–Crippen MR) is 56.2 cm³/mol. The highest BCUT2D eigenvalue weighted by molar-refractivity contribution is 5.70. The lowest BCUT2D eigenvalue weighted by atomic mass is 9.79. The maximum absolute atomic E-state index is 11.0. The smallest absolute Gasteiger partial charge is 0.306 e. The molecule has 3 unspecified atom stereocenters. The fraction of sp³-hybridized carbons (Fsp3) is 0.818. The molecule has 2 N–H and O–H groups in total. The summed E-state index contributed by atoms with van der Waals surface area (Å²) in [7, 11) is 0. The van der Waals surface area contributed by atoms with Crippen LogP contribution >= 0.6 is 0 Å². The maximum Gasteiger partial charge on any atom is 0.306 e. The molecule has 0 spiro atoms. The van der Waals surface area contributed by atoms with Crippen molar-refractivity contribution in [3.63, 3.8) is 0 Å². The molecule has 0 bridgehead atoms. The zero-order chi connectivity index (χ0) is 11.3. The molecule has 1 aliphatic rings. The molecule has 0 heterocycles. The average molecular weight is 210 g/mol. The van der Waals surface area contributed by atoms with Crippen LogP contribution in [0.4, 0.5) is 0 Å². The SMILES string of the molecule is CC(C#N)NCC1CCCCC1C(=O)O. The Labute approximate surface area is 90.3 Å². The van der Waals surface area contributed by atoms with Crippen molar-refractivity contribution in [2.24, 2.45) is 11.8 Å². The lowest BCUT2D eigenvalue weighted by molar-refractivity contribution is -0.144. The monoisotopic (exact) mass is 210 g/mol. The molecule has 4 nitrogen and oxygen atoms in total. The van der Waals surface area contributed by atoms with Crippen molar-refractivity contribution in [2.75, 3.05) is 6.54 Å². The minimum absolute atomic E-state index is 0.187. The van der Waals surface area contributed by atoms with Gasteiger partial charge >= 0.3 is 5.97 Å². The van der Waals surface area contributed by atoms with Gasteiger partial charge in [0.05, 0.1) is 18.0 Å². The van der Waals surface area contributed by atoms with Crippen molar-refractivity contribution in [3.8, 4) is 6.07 Å². The summed E-state index contributed by atoms with van der Waals surface area (Å²) in [6.07, 6.45) is 3.86. The van der Waals surface area contributed by atoms with Gasteiger partial charge in [0.1, 0.15) is 0 Å². The first-order chi connectivity index (χ1) is 7.15. The van der Waals surface area contributed by atoms with Crippen LogP contribution < -0.4 is 5.32 Å². The summed E-state index contributed by atoms with van der Waals surface area (Å²) in [6.45, 7) is 2.43. The van der Waals surface area contributed by atoms with E-state index in [1.165, 1.54) is 0 Å². The third-order valence-corrected chi connectivity index (χ3v) is 3.11. The van der Waals surface area contributed by atoms with Crippen LogP contribution in [0.25, 0.3) is 0 Å². The molecule has 0 radical (unpaired) electrons. The highest BCUT2D eigenvalue weighted by atomic mass is 16.4. The number of aliphatic carboxylic acids is 1. The van der Waals surface area contributed by atoms with Gasteiger partial charge < -0.3 is 10.4 Å². The summed E-state index contributed by atoms with van der Waals surface area (Å²) < 4.78 is 0. The van der Waals surface area contributed by atoms with E-state index in [0.29, 0.717) is 6.54 Å². The molecule has 1 saturated carbocycles. The van der Waals surface area contributed by atoms with Crippen LogP contribution in [-0.4, -0.2) is 23.7 Å². The molecule has 0 amide bonds. The quantitative estimate of drug-likeness (QED) is 0.735. The second-order valence-corrected chi connectivity index (χ2v) is 4.25. The number of rotatable bonds is 4. The van der Waals surface area contributed by atoms with Gasteiger partial charge in [-0.05, 0) is 32.2 Å². The molecule has 1 rings (SSSR count). The zero-order valence-corrected chi connectivity index (χ0v) is 9.07. The summed E-state index contributed by atoms with van der Waals surface area (Å²) in [6, 6.07) is 1.90. The average Bonchev–Trinajstić information content (AvgIpc) is 2.26. The lowest BCUT2D eigenvalue weighted by Crippen LogP contribution is -2.37. The van der Waals surface area contributed by atoms with E-state index in [-0.39, 0.29) is 17.9 Å². The molecule has 84 valence electrons. The molecule has 0 aromatic heterocycles. The van der Waals surface area contributed by atoms with E-state index < -0.39 is 5.97 Å². The topological polar surface area (TPSA) is 73.1 Å². The molecule has 1 fully saturated rings. The highest BCUT2D eigenvalue weighted by Gasteiger charge is 2.30. The third kappa shape index (κ3) is 3.52. The molecule has 15 heavy (non-hydrogen) atoms. The summed E-state index contributed by atoms with van der Waals surface area (Å²) in [5.74, 6) is -0.727. The van der Waals surface area contributed by atoms with E-state index in [2.05, 4.69) is 11.4 Å². The summed E-state index contributed by atoms with van der Waals surface area (Å²) >= 11 is 0. The molecule has 0 aromatic rings. The van der Waals surface area contributed by atoms with E-state index in [9.17, 15) is 4.79 Å². The van der Waals surface area contributed by atoms with Crippen molar-refractivity contribution < 1.29 is 9.90 Å². The number of carboxylic acid groups (broad SMARTS) is 1. The largest absolute Gasteiger partial charge is 0.481 e. The fourth-order valence-electron chi connectivity index (χ4n) is 2.15. The van der Waals surface area contributed by atoms with Gasteiger partial charge in [-0.1, -0.05) is 12.8 Å². The Kier molecular flexibility index (Phi) is 4.57. The molecule has 0 saturated heterocycles. The number of nitrogens with zero attached hydrogens (tertiary/aromatic N) is 1. The summed E-state index contributed by atoms with van der Waals surface area (Å²) in [5, 5.41) is 20.7. The zero-order valence-electron chi connectivity index (χ0n) is 9.07. The minimum Gasteiger partial charge on any atom is -0.481 e.